The Labute approximate surface area is 182 Å². The fourth-order valence-electron chi connectivity index (χ4n) is 3.52. The van der Waals surface area contributed by atoms with Gasteiger partial charge in [-0.3, -0.25) is 4.79 Å². The van der Waals surface area contributed by atoms with Gasteiger partial charge in [-0.15, -0.1) is 0 Å². The number of carbonyl (C=O) groups is 2. The van der Waals surface area contributed by atoms with Crippen LogP contribution in [0.25, 0.3) is 6.08 Å². The molecule has 0 saturated heterocycles. The first-order valence-corrected chi connectivity index (χ1v) is 10.2. The van der Waals surface area contributed by atoms with E-state index in [1.54, 1.807) is 25.0 Å². The number of allylic oxidation sites excluding steroid dienone is 1. The van der Waals surface area contributed by atoms with Gasteiger partial charge < -0.3 is 19.1 Å². The fraction of sp³-hybridized carbons (Fsp3) is 0.280. The molecule has 0 N–H and O–H groups in total. The van der Waals surface area contributed by atoms with E-state index in [-0.39, 0.29) is 5.91 Å². The Bertz CT molecular complexity index is 1000. The lowest BCUT2D eigenvalue weighted by molar-refractivity contribution is -0.136. The Morgan fingerprint density at radius 3 is 2.23 bits per heavy atom. The van der Waals surface area contributed by atoms with Crippen molar-refractivity contribution < 1.29 is 23.8 Å². The number of carbonyl (C=O) groups excluding carboxylic acids is 2. The molecule has 2 aromatic carbocycles. The van der Waals surface area contributed by atoms with E-state index in [9.17, 15) is 9.59 Å². The highest BCUT2D eigenvalue weighted by Gasteiger charge is 2.36. The lowest BCUT2D eigenvalue weighted by Gasteiger charge is -2.18. The van der Waals surface area contributed by atoms with E-state index in [4.69, 9.17) is 14.2 Å². The summed E-state index contributed by atoms with van der Waals surface area (Å²) in [5.41, 5.74) is 3.12. The third-order valence-corrected chi connectivity index (χ3v) is 5.19. The van der Waals surface area contributed by atoms with Crippen LogP contribution in [0.15, 0.2) is 65.4 Å². The van der Waals surface area contributed by atoms with Gasteiger partial charge in [-0.05, 0) is 61.7 Å². The topological polar surface area (TPSA) is 65.1 Å². The number of amides is 1. The summed E-state index contributed by atoms with van der Waals surface area (Å²) in [5, 5.41) is 0. The molecule has 3 rings (SSSR count). The lowest BCUT2D eigenvalue weighted by Crippen LogP contribution is -2.27. The minimum atomic E-state index is -0.519. The van der Waals surface area contributed by atoms with Crippen LogP contribution in [0.4, 0.5) is 0 Å². The van der Waals surface area contributed by atoms with Crippen molar-refractivity contribution in [1.29, 1.82) is 0 Å². The highest BCUT2D eigenvalue weighted by Crippen LogP contribution is 2.32. The van der Waals surface area contributed by atoms with Gasteiger partial charge in [-0.2, -0.15) is 0 Å². The van der Waals surface area contributed by atoms with Gasteiger partial charge in [0.1, 0.15) is 11.5 Å². The van der Waals surface area contributed by atoms with Crippen molar-refractivity contribution in [1.82, 2.24) is 4.90 Å². The maximum Gasteiger partial charge on any atom is 0.340 e. The SMILES string of the molecule is CCOc1ccc(C=C2C(=O)N(CCc3ccc(OC)cc3)C(C)=C2C(=O)OC)cc1. The van der Waals surface area contributed by atoms with Gasteiger partial charge >= 0.3 is 5.97 Å². The summed E-state index contributed by atoms with van der Waals surface area (Å²) in [6.45, 7) is 4.73. The van der Waals surface area contributed by atoms with Gasteiger partial charge in [0.25, 0.3) is 5.91 Å². The van der Waals surface area contributed by atoms with E-state index in [0.29, 0.717) is 36.4 Å². The van der Waals surface area contributed by atoms with Crippen molar-refractivity contribution >= 4 is 18.0 Å². The molecule has 0 saturated carbocycles. The van der Waals surface area contributed by atoms with Crippen LogP contribution in [0, 0.1) is 0 Å². The van der Waals surface area contributed by atoms with Crippen LogP contribution in [-0.4, -0.2) is 44.1 Å². The summed E-state index contributed by atoms with van der Waals surface area (Å²) < 4.78 is 15.6. The van der Waals surface area contributed by atoms with Crippen molar-refractivity contribution in [2.24, 2.45) is 0 Å². The molecule has 0 unspecified atom stereocenters. The molecule has 0 fully saturated rings. The molecule has 6 nitrogen and oxygen atoms in total. The second-order valence-corrected chi connectivity index (χ2v) is 7.07. The molecule has 31 heavy (non-hydrogen) atoms. The quantitative estimate of drug-likeness (QED) is 0.476. The Hall–Kier alpha value is -3.54. The van der Waals surface area contributed by atoms with E-state index in [0.717, 1.165) is 22.6 Å². The van der Waals surface area contributed by atoms with Gasteiger partial charge in [0, 0.05) is 12.2 Å². The Morgan fingerprint density at radius 1 is 1.00 bits per heavy atom. The van der Waals surface area contributed by atoms with Crippen molar-refractivity contribution in [2.75, 3.05) is 27.4 Å². The number of ether oxygens (including phenoxy) is 3. The van der Waals surface area contributed by atoms with E-state index in [1.807, 2.05) is 55.5 Å². The van der Waals surface area contributed by atoms with Crippen LogP contribution < -0.4 is 9.47 Å². The summed E-state index contributed by atoms with van der Waals surface area (Å²) in [5.74, 6) is 0.810. The Kier molecular flexibility index (Phi) is 7.13. The molecule has 162 valence electrons. The third kappa shape index (κ3) is 4.97. The summed E-state index contributed by atoms with van der Waals surface area (Å²) in [6.07, 6.45) is 2.37. The van der Waals surface area contributed by atoms with Gasteiger partial charge in [0.15, 0.2) is 0 Å². The van der Waals surface area contributed by atoms with Crippen LogP contribution in [-0.2, 0) is 20.7 Å². The maximum atomic E-state index is 13.2. The molecule has 1 amide bonds. The first-order chi connectivity index (χ1) is 15.0. The first kappa shape index (κ1) is 22.2. The smallest absolute Gasteiger partial charge is 0.340 e. The number of hydrogen-bond acceptors (Lipinski definition) is 5. The van der Waals surface area contributed by atoms with Crippen molar-refractivity contribution in [2.45, 2.75) is 20.3 Å². The minimum absolute atomic E-state index is 0.208. The monoisotopic (exact) mass is 421 g/mol. The summed E-state index contributed by atoms with van der Waals surface area (Å²) in [7, 11) is 2.94. The van der Waals surface area contributed by atoms with Crippen molar-refractivity contribution in [3.05, 3.63) is 76.5 Å². The lowest BCUT2D eigenvalue weighted by atomic mass is 10.0. The van der Waals surface area contributed by atoms with Crippen LogP contribution in [0.1, 0.15) is 25.0 Å². The van der Waals surface area contributed by atoms with Gasteiger partial charge in [0.05, 0.1) is 32.0 Å². The van der Waals surface area contributed by atoms with Crippen LogP contribution in [0.3, 0.4) is 0 Å². The first-order valence-electron chi connectivity index (χ1n) is 10.2. The standard InChI is InChI=1S/C25H27NO5/c1-5-31-21-12-8-19(9-13-21)16-22-23(25(28)30-4)17(2)26(24(22)27)15-14-18-6-10-20(29-3)11-7-18/h6-13,16H,5,14-15H2,1-4H3. The minimum Gasteiger partial charge on any atom is -0.497 e. The van der Waals surface area contributed by atoms with Crippen molar-refractivity contribution in [3.8, 4) is 11.5 Å². The molecule has 0 aromatic heterocycles. The molecule has 0 bridgehead atoms. The number of rotatable bonds is 8. The average molecular weight is 421 g/mol. The maximum absolute atomic E-state index is 13.2. The van der Waals surface area contributed by atoms with E-state index in [2.05, 4.69) is 0 Å². The van der Waals surface area contributed by atoms with E-state index in [1.165, 1.54) is 7.11 Å². The number of benzene rings is 2. The van der Waals surface area contributed by atoms with Crippen LogP contribution in [0.5, 0.6) is 11.5 Å². The predicted octanol–water partition coefficient (Wildman–Crippen LogP) is 4.01. The van der Waals surface area contributed by atoms with Crippen LogP contribution >= 0.6 is 0 Å². The Morgan fingerprint density at radius 2 is 1.65 bits per heavy atom. The molecule has 0 spiro atoms. The summed E-state index contributed by atoms with van der Waals surface area (Å²) >= 11 is 0. The number of esters is 1. The Balaban J connectivity index is 1.85. The van der Waals surface area contributed by atoms with E-state index < -0.39 is 5.97 Å². The molecule has 0 aliphatic carbocycles. The number of methoxy groups -OCH3 is 2. The summed E-state index contributed by atoms with van der Waals surface area (Å²) in [6, 6.07) is 15.1. The molecule has 1 heterocycles. The molecule has 1 aliphatic heterocycles. The normalized spacial score (nSPS) is 14.9. The zero-order valence-electron chi connectivity index (χ0n) is 18.3. The second kappa shape index (κ2) is 9.98. The van der Waals surface area contributed by atoms with Gasteiger partial charge in [-0.25, -0.2) is 4.79 Å². The molecule has 1 aliphatic rings. The van der Waals surface area contributed by atoms with Gasteiger partial charge in [0.2, 0.25) is 0 Å². The molecular weight excluding hydrogens is 394 g/mol. The molecular formula is C25H27NO5. The van der Waals surface area contributed by atoms with Gasteiger partial charge in [-0.1, -0.05) is 24.3 Å². The molecule has 2 aromatic rings. The zero-order chi connectivity index (χ0) is 22.4. The third-order valence-electron chi connectivity index (χ3n) is 5.19. The average Bonchev–Trinajstić information content (AvgIpc) is 3.02. The molecule has 6 heteroatoms. The highest BCUT2D eigenvalue weighted by molar-refractivity contribution is 6.16. The highest BCUT2D eigenvalue weighted by atomic mass is 16.5. The number of nitrogens with zero attached hydrogens (tertiary/aromatic N) is 1. The predicted molar refractivity (Wildman–Crippen MR) is 119 cm³/mol. The van der Waals surface area contributed by atoms with Crippen molar-refractivity contribution in [3.63, 3.8) is 0 Å². The summed E-state index contributed by atoms with van der Waals surface area (Å²) in [4.78, 5) is 27.3. The fourth-order valence-corrected chi connectivity index (χ4v) is 3.52. The molecule has 0 atom stereocenters. The zero-order valence-corrected chi connectivity index (χ0v) is 18.3. The largest absolute Gasteiger partial charge is 0.497 e. The molecule has 0 radical (unpaired) electrons. The van der Waals surface area contributed by atoms with Crippen LogP contribution in [0.2, 0.25) is 0 Å². The second-order valence-electron chi connectivity index (χ2n) is 7.07. The van der Waals surface area contributed by atoms with E-state index >= 15 is 0 Å². The number of hydrogen-bond donors (Lipinski definition) is 0.